The van der Waals surface area contributed by atoms with E-state index in [1.165, 1.54) is 26.0 Å². The van der Waals surface area contributed by atoms with Crippen molar-refractivity contribution in [3.8, 4) is 11.5 Å². The average Bonchev–Trinajstić information content (AvgIpc) is 2.94. The summed E-state index contributed by atoms with van der Waals surface area (Å²) in [6.45, 7) is 0.585. The lowest BCUT2D eigenvalue weighted by molar-refractivity contribution is 0.0934. The number of halogens is 1. The molecule has 0 unspecified atom stereocenters. The number of carbonyl (C=O) groups excluding carboxylic acids is 1. The van der Waals surface area contributed by atoms with Crippen molar-refractivity contribution in [1.82, 2.24) is 5.32 Å². The first kappa shape index (κ1) is 15.0. The third-order valence-corrected chi connectivity index (χ3v) is 4.58. The Kier molecular flexibility index (Phi) is 4.76. The summed E-state index contributed by atoms with van der Waals surface area (Å²) in [4.78, 5) is 12.1. The maximum atomic E-state index is 12.1. The van der Waals surface area contributed by atoms with E-state index < -0.39 is 0 Å². The molecule has 1 aromatic carbocycles. The molecule has 1 aliphatic rings. The van der Waals surface area contributed by atoms with E-state index in [1.54, 1.807) is 12.1 Å². The molecule has 0 saturated heterocycles. The lowest BCUT2D eigenvalue weighted by atomic mass is 9.88. The molecule has 20 heavy (non-hydrogen) atoms. The normalized spacial score (nSPS) is 16.9. The molecule has 0 aromatic heterocycles. The second-order valence-corrected chi connectivity index (χ2v) is 5.68. The number of phenolic OH excluding ortho intramolecular Hbond substituents is 1. The number of aromatic hydroxyl groups is 1. The average molecular weight is 298 g/mol. The Balaban J connectivity index is 1.99. The van der Waals surface area contributed by atoms with Crippen molar-refractivity contribution in [3.05, 3.63) is 23.8 Å². The van der Waals surface area contributed by atoms with Gasteiger partial charge in [-0.1, -0.05) is 12.8 Å². The molecule has 2 N–H and O–H groups in total. The monoisotopic (exact) mass is 297 g/mol. The number of amides is 1. The first-order valence-electron chi connectivity index (χ1n) is 6.81. The Morgan fingerprint density at radius 2 is 2.15 bits per heavy atom. The number of phenols is 1. The maximum absolute atomic E-state index is 12.1. The van der Waals surface area contributed by atoms with Gasteiger partial charge in [-0.2, -0.15) is 0 Å². The van der Waals surface area contributed by atoms with Crippen LogP contribution in [0, 0.1) is 5.41 Å². The van der Waals surface area contributed by atoms with Gasteiger partial charge in [0, 0.05) is 23.4 Å². The molecule has 0 heterocycles. The number of hydrogen-bond acceptors (Lipinski definition) is 3. The maximum Gasteiger partial charge on any atom is 0.251 e. The van der Waals surface area contributed by atoms with Crippen molar-refractivity contribution >= 4 is 17.5 Å². The van der Waals surface area contributed by atoms with Gasteiger partial charge in [0.05, 0.1) is 7.11 Å². The Hall–Kier alpha value is -1.42. The fraction of sp³-hybridized carbons (Fsp3) is 0.533. The molecule has 0 spiro atoms. The number of carbonyl (C=O) groups is 1. The zero-order valence-electron chi connectivity index (χ0n) is 11.6. The van der Waals surface area contributed by atoms with Crippen molar-refractivity contribution < 1.29 is 14.6 Å². The van der Waals surface area contributed by atoms with Crippen molar-refractivity contribution in [2.45, 2.75) is 25.7 Å². The van der Waals surface area contributed by atoms with Crippen molar-refractivity contribution in [3.63, 3.8) is 0 Å². The van der Waals surface area contributed by atoms with Crippen LogP contribution in [0.3, 0.4) is 0 Å². The number of alkyl halides is 1. The summed E-state index contributed by atoms with van der Waals surface area (Å²) in [6, 6.07) is 4.63. The van der Waals surface area contributed by atoms with E-state index >= 15 is 0 Å². The molecule has 4 nitrogen and oxygen atoms in total. The predicted octanol–water partition coefficient (Wildman–Crippen LogP) is 2.93. The van der Waals surface area contributed by atoms with Gasteiger partial charge in [0.1, 0.15) is 0 Å². The SMILES string of the molecule is COc1ccc(C(=O)NCC2(CCl)CCCC2)cc1O. The number of benzene rings is 1. The number of rotatable bonds is 5. The summed E-state index contributed by atoms with van der Waals surface area (Å²) in [7, 11) is 1.47. The molecule has 0 radical (unpaired) electrons. The first-order chi connectivity index (χ1) is 9.60. The fourth-order valence-electron chi connectivity index (χ4n) is 2.68. The highest BCUT2D eigenvalue weighted by Crippen LogP contribution is 2.38. The van der Waals surface area contributed by atoms with Gasteiger partial charge < -0.3 is 15.2 Å². The summed E-state index contributed by atoms with van der Waals surface area (Å²) < 4.78 is 4.96. The predicted molar refractivity (Wildman–Crippen MR) is 78.6 cm³/mol. The van der Waals surface area contributed by atoms with Crippen LogP contribution in [0.2, 0.25) is 0 Å². The summed E-state index contributed by atoms with van der Waals surface area (Å²) in [5.74, 6) is 0.697. The van der Waals surface area contributed by atoms with Gasteiger partial charge >= 0.3 is 0 Å². The number of methoxy groups -OCH3 is 1. The van der Waals surface area contributed by atoms with Gasteiger partial charge in [-0.25, -0.2) is 0 Å². The van der Waals surface area contributed by atoms with E-state index in [9.17, 15) is 9.90 Å². The van der Waals surface area contributed by atoms with E-state index in [0.29, 0.717) is 23.7 Å². The van der Waals surface area contributed by atoms with Crippen LogP contribution < -0.4 is 10.1 Å². The van der Waals surface area contributed by atoms with Crippen molar-refractivity contribution in [2.24, 2.45) is 5.41 Å². The molecule has 1 aromatic rings. The molecule has 1 aliphatic carbocycles. The Morgan fingerprint density at radius 1 is 1.45 bits per heavy atom. The van der Waals surface area contributed by atoms with Gasteiger partial charge in [0.25, 0.3) is 5.91 Å². The topological polar surface area (TPSA) is 58.6 Å². The molecule has 0 bridgehead atoms. The summed E-state index contributed by atoms with van der Waals surface area (Å²) in [5, 5.41) is 12.6. The van der Waals surface area contributed by atoms with Crippen LogP contribution in [0.15, 0.2) is 18.2 Å². The molecule has 1 saturated carbocycles. The number of nitrogens with one attached hydrogen (secondary N) is 1. The smallest absolute Gasteiger partial charge is 0.251 e. The van der Waals surface area contributed by atoms with Crippen molar-refractivity contribution in [1.29, 1.82) is 0 Å². The Morgan fingerprint density at radius 3 is 2.70 bits per heavy atom. The quantitative estimate of drug-likeness (QED) is 0.822. The standard InChI is InChI=1S/C15H20ClNO3/c1-20-13-5-4-11(8-12(13)18)14(19)17-10-15(9-16)6-2-3-7-15/h4-5,8,18H,2-3,6-7,9-10H2,1H3,(H,17,19). The Bertz CT molecular complexity index is 484. The van der Waals surface area contributed by atoms with Crippen LogP contribution in [0.25, 0.3) is 0 Å². The molecule has 0 aliphatic heterocycles. The van der Waals surface area contributed by atoms with E-state index in [2.05, 4.69) is 5.32 Å². The fourth-order valence-corrected chi connectivity index (χ4v) is 3.05. The van der Waals surface area contributed by atoms with E-state index in [0.717, 1.165) is 12.8 Å². The zero-order valence-corrected chi connectivity index (χ0v) is 12.4. The van der Waals surface area contributed by atoms with Crippen LogP contribution >= 0.6 is 11.6 Å². The van der Waals surface area contributed by atoms with E-state index in [1.807, 2.05) is 0 Å². The van der Waals surface area contributed by atoms with Gasteiger partial charge in [-0.15, -0.1) is 11.6 Å². The molecular weight excluding hydrogens is 278 g/mol. The highest BCUT2D eigenvalue weighted by atomic mass is 35.5. The second kappa shape index (κ2) is 6.35. The Labute approximate surface area is 124 Å². The van der Waals surface area contributed by atoms with Crippen molar-refractivity contribution in [2.75, 3.05) is 19.5 Å². The van der Waals surface area contributed by atoms with Gasteiger partial charge in [-0.3, -0.25) is 4.79 Å². The third kappa shape index (κ3) is 3.18. The minimum Gasteiger partial charge on any atom is -0.504 e. The van der Waals surface area contributed by atoms with Crippen LogP contribution in [0.1, 0.15) is 36.0 Å². The highest BCUT2D eigenvalue weighted by Gasteiger charge is 2.33. The zero-order chi connectivity index (χ0) is 14.6. The molecule has 1 fully saturated rings. The number of ether oxygens (including phenoxy) is 1. The minimum absolute atomic E-state index is 0.0335. The molecule has 2 rings (SSSR count). The summed E-state index contributed by atoms with van der Waals surface area (Å²) in [6.07, 6.45) is 4.47. The van der Waals surface area contributed by atoms with Gasteiger partial charge in [0.2, 0.25) is 0 Å². The lowest BCUT2D eigenvalue weighted by Gasteiger charge is -2.26. The molecule has 0 atom stereocenters. The summed E-state index contributed by atoms with van der Waals surface area (Å²) >= 11 is 6.05. The van der Waals surface area contributed by atoms with E-state index in [4.69, 9.17) is 16.3 Å². The van der Waals surface area contributed by atoms with Gasteiger partial charge in [0.15, 0.2) is 11.5 Å². The minimum atomic E-state index is -0.195. The largest absolute Gasteiger partial charge is 0.504 e. The molecule has 110 valence electrons. The summed E-state index contributed by atoms with van der Waals surface area (Å²) in [5.41, 5.74) is 0.456. The van der Waals surface area contributed by atoms with Crippen LogP contribution in [-0.2, 0) is 0 Å². The molecule has 1 amide bonds. The van der Waals surface area contributed by atoms with Crippen LogP contribution in [0.4, 0.5) is 0 Å². The molecule has 5 heteroatoms. The molecular formula is C15H20ClNO3. The van der Waals surface area contributed by atoms with Crippen LogP contribution in [-0.4, -0.2) is 30.5 Å². The van der Waals surface area contributed by atoms with Crippen LogP contribution in [0.5, 0.6) is 11.5 Å². The number of hydrogen-bond donors (Lipinski definition) is 2. The first-order valence-corrected chi connectivity index (χ1v) is 7.35. The van der Waals surface area contributed by atoms with Gasteiger partial charge in [-0.05, 0) is 31.0 Å². The highest BCUT2D eigenvalue weighted by molar-refractivity contribution is 6.18. The second-order valence-electron chi connectivity index (χ2n) is 5.41. The lowest BCUT2D eigenvalue weighted by Crippen LogP contribution is -2.37. The third-order valence-electron chi connectivity index (χ3n) is 4.01. The van der Waals surface area contributed by atoms with E-state index in [-0.39, 0.29) is 17.1 Å².